The van der Waals surface area contributed by atoms with E-state index >= 15 is 0 Å². The van der Waals surface area contributed by atoms with Crippen LogP contribution in [-0.4, -0.2) is 22.6 Å². The molecule has 1 saturated carbocycles. The van der Waals surface area contributed by atoms with Gasteiger partial charge in [0.15, 0.2) is 0 Å². The predicted molar refractivity (Wildman–Crippen MR) is 86.5 cm³/mol. The van der Waals surface area contributed by atoms with Crippen LogP contribution in [0.1, 0.15) is 62.3 Å². The van der Waals surface area contributed by atoms with Gasteiger partial charge in [-0.1, -0.05) is 13.8 Å². The average Bonchev–Trinajstić information content (AvgIpc) is 3.27. The molecule has 1 unspecified atom stereocenters. The van der Waals surface area contributed by atoms with E-state index in [1.807, 2.05) is 0 Å². The number of hydrogen-bond donors (Lipinski definition) is 1. The minimum atomic E-state index is 0.725. The van der Waals surface area contributed by atoms with Gasteiger partial charge in [0.05, 0.1) is 0 Å². The second-order valence-corrected chi connectivity index (χ2v) is 7.37. The molecule has 3 rings (SSSR count). The molecule has 0 radical (unpaired) electrons. The number of fused-ring (bicyclic) bond motifs is 1. The zero-order valence-corrected chi connectivity index (χ0v) is 13.8. The molecule has 1 aromatic rings. The van der Waals surface area contributed by atoms with Crippen molar-refractivity contribution in [3.05, 3.63) is 22.8 Å². The van der Waals surface area contributed by atoms with E-state index < -0.39 is 0 Å². The summed E-state index contributed by atoms with van der Waals surface area (Å²) in [5, 5.41) is 3.68. The lowest BCUT2D eigenvalue weighted by Crippen LogP contribution is -2.29. The summed E-state index contributed by atoms with van der Waals surface area (Å²) in [4.78, 5) is 9.63. The van der Waals surface area contributed by atoms with Crippen LogP contribution in [0, 0.1) is 18.8 Å². The third-order valence-electron chi connectivity index (χ3n) is 4.85. The van der Waals surface area contributed by atoms with Gasteiger partial charge in [-0.25, -0.2) is 9.97 Å². The highest BCUT2D eigenvalue weighted by Gasteiger charge is 2.26. The molecule has 1 aromatic heterocycles. The van der Waals surface area contributed by atoms with E-state index in [1.54, 1.807) is 0 Å². The maximum atomic E-state index is 4.86. The summed E-state index contributed by atoms with van der Waals surface area (Å²) in [6.45, 7) is 7.89. The first-order valence-electron chi connectivity index (χ1n) is 8.70. The van der Waals surface area contributed by atoms with E-state index in [2.05, 4.69) is 26.1 Å². The third-order valence-corrected chi connectivity index (χ3v) is 4.85. The van der Waals surface area contributed by atoms with E-state index in [4.69, 9.17) is 9.97 Å². The Bertz CT molecular complexity index is 491. The summed E-state index contributed by atoms with van der Waals surface area (Å²) in [5.74, 6) is 2.57. The molecule has 1 fully saturated rings. The third kappa shape index (κ3) is 4.03. The van der Waals surface area contributed by atoms with Crippen molar-refractivity contribution in [3.63, 3.8) is 0 Å². The van der Waals surface area contributed by atoms with Crippen LogP contribution >= 0.6 is 0 Å². The van der Waals surface area contributed by atoms with Gasteiger partial charge in [0, 0.05) is 23.9 Å². The average molecular weight is 287 g/mol. The van der Waals surface area contributed by atoms with Crippen molar-refractivity contribution in [3.8, 4) is 0 Å². The summed E-state index contributed by atoms with van der Waals surface area (Å²) in [5.41, 5.74) is 4.01. The molecule has 116 valence electrons. The van der Waals surface area contributed by atoms with Crippen molar-refractivity contribution in [2.75, 3.05) is 6.54 Å². The molecule has 1 atom stereocenters. The predicted octanol–water partition coefficient (Wildman–Crippen LogP) is 3.23. The molecule has 3 nitrogen and oxygen atoms in total. The molecule has 3 heteroatoms. The first-order chi connectivity index (χ1) is 10.1. The number of aryl methyl sites for hydroxylation is 3. The van der Waals surface area contributed by atoms with Crippen molar-refractivity contribution in [2.24, 2.45) is 11.8 Å². The Labute approximate surface area is 129 Å². The van der Waals surface area contributed by atoms with Gasteiger partial charge in [-0.2, -0.15) is 0 Å². The highest BCUT2D eigenvalue weighted by atomic mass is 14.9. The quantitative estimate of drug-likeness (QED) is 0.873. The van der Waals surface area contributed by atoms with Gasteiger partial charge >= 0.3 is 0 Å². The number of rotatable bonds is 6. The second-order valence-electron chi connectivity index (χ2n) is 7.37. The second kappa shape index (κ2) is 6.43. The molecule has 21 heavy (non-hydrogen) atoms. The lowest BCUT2D eigenvalue weighted by atomic mass is 9.85. The Morgan fingerprint density at radius 1 is 1.19 bits per heavy atom. The minimum absolute atomic E-state index is 0.725. The number of nitrogens with zero attached hydrogens (tertiary/aromatic N) is 2. The van der Waals surface area contributed by atoms with Crippen molar-refractivity contribution in [1.82, 2.24) is 15.3 Å². The molecule has 0 aliphatic heterocycles. The van der Waals surface area contributed by atoms with Crippen LogP contribution in [0.5, 0.6) is 0 Å². The lowest BCUT2D eigenvalue weighted by Gasteiger charge is -2.25. The van der Waals surface area contributed by atoms with Gasteiger partial charge in [-0.15, -0.1) is 0 Å². The van der Waals surface area contributed by atoms with E-state index in [0.29, 0.717) is 0 Å². The first kappa shape index (κ1) is 15.0. The Morgan fingerprint density at radius 2 is 2.00 bits per heavy atom. The minimum Gasteiger partial charge on any atom is -0.314 e. The number of hydrogen-bond acceptors (Lipinski definition) is 3. The summed E-state index contributed by atoms with van der Waals surface area (Å²) in [6.07, 6.45) is 8.57. The summed E-state index contributed by atoms with van der Waals surface area (Å²) >= 11 is 0. The summed E-state index contributed by atoms with van der Waals surface area (Å²) in [6, 6.07) is 0.821. The standard InChI is InChI=1S/C18H29N3/c1-12(2)4-9-18-20-13(3)16-10-14(5-8-17(16)21-18)11-19-15-6-7-15/h12,14-15,19H,4-11H2,1-3H3. The smallest absolute Gasteiger partial charge is 0.128 e. The van der Waals surface area contributed by atoms with Gasteiger partial charge in [-0.05, 0) is 69.4 Å². The zero-order chi connectivity index (χ0) is 14.8. The molecule has 1 N–H and O–H groups in total. The summed E-state index contributed by atoms with van der Waals surface area (Å²) < 4.78 is 0. The highest BCUT2D eigenvalue weighted by Crippen LogP contribution is 2.27. The fourth-order valence-corrected chi connectivity index (χ4v) is 3.25. The van der Waals surface area contributed by atoms with Crippen LogP contribution in [0.4, 0.5) is 0 Å². The molecular formula is C18H29N3. The molecule has 2 aliphatic rings. The van der Waals surface area contributed by atoms with Crippen LogP contribution in [-0.2, 0) is 19.3 Å². The van der Waals surface area contributed by atoms with Gasteiger partial charge in [0.2, 0.25) is 0 Å². The van der Waals surface area contributed by atoms with Crippen molar-refractivity contribution < 1.29 is 0 Å². The molecule has 0 amide bonds. The molecule has 0 bridgehead atoms. The van der Waals surface area contributed by atoms with Gasteiger partial charge in [-0.3, -0.25) is 0 Å². The van der Waals surface area contributed by atoms with E-state index in [-0.39, 0.29) is 0 Å². The van der Waals surface area contributed by atoms with Crippen LogP contribution in [0.25, 0.3) is 0 Å². The maximum absolute atomic E-state index is 4.86. The Kier molecular flexibility index (Phi) is 4.58. The maximum Gasteiger partial charge on any atom is 0.128 e. The molecule has 0 aromatic carbocycles. The largest absolute Gasteiger partial charge is 0.314 e. The van der Waals surface area contributed by atoms with Crippen LogP contribution in [0.15, 0.2) is 0 Å². The molecule has 0 saturated heterocycles. The topological polar surface area (TPSA) is 37.8 Å². The van der Waals surface area contributed by atoms with Crippen LogP contribution in [0.3, 0.4) is 0 Å². The van der Waals surface area contributed by atoms with Crippen molar-refractivity contribution in [2.45, 2.75) is 71.8 Å². The SMILES string of the molecule is Cc1nc(CCC(C)C)nc2c1CC(CNC1CC1)CC2. The van der Waals surface area contributed by atoms with Crippen LogP contribution < -0.4 is 5.32 Å². The fourth-order valence-electron chi connectivity index (χ4n) is 3.25. The van der Waals surface area contributed by atoms with Gasteiger partial charge < -0.3 is 5.32 Å². The van der Waals surface area contributed by atoms with Crippen LogP contribution in [0.2, 0.25) is 0 Å². The normalized spacial score (nSPS) is 21.6. The molecule has 0 spiro atoms. The molecule has 1 heterocycles. The Hall–Kier alpha value is -0.960. The monoisotopic (exact) mass is 287 g/mol. The lowest BCUT2D eigenvalue weighted by molar-refractivity contribution is 0.415. The Morgan fingerprint density at radius 3 is 2.71 bits per heavy atom. The number of nitrogens with one attached hydrogen (secondary N) is 1. The number of aromatic nitrogens is 2. The van der Waals surface area contributed by atoms with Gasteiger partial charge in [0.25, 0.3) is 0 Å². The van der Waals surface area contributed by atoms with Gasteiger partial charge in [0.1, 0.15) is 5.82 Å². The fraction of sp³-hybridized carbons (Fsp3) is 0.778. The van der Waals surface area contributed by atoms with E-state index in [1.165, 1.54) is 55.6 Å². The van der Waals surface area contributed by atoms with Crippen molar-refractivity contribution in [1.29, 1.82) is 0 Å². The molecule has 2 aliphatic carbocycles. The Balaban J connectivity index is 1.64. The highest BCUT2D eigenvalue weighted by molar-refractivity contribution is 5.28. The van der Waals surface area contributed by atoms with E-state index in [9.17, 15) is 0 Å². The molecular weight excluding hydrogens is 258 g/mol. The first-order valence-corrected chi connectivity index (χ1v) is 8.70. The van der Waals surface area contributed by atoms with E-state index in [0.717, 1.165) is 36.5 Å². The summed E-state index contributed by atoms with van der Waals surface area (Å²) in [7, 11) is 0. The zero-order valence-electron chi connectivity index (χ0n) is 13.8. The van der Waals surface area contributed by atoms with Crippen molar-refractivity contribution >= 4 is 0 Å².